The number of ether oxygens (including phenoxy) is 1. The number of hydrogen-bond acceptors (Lipinski definition) is 6. The zero-order chi connectivity index (χ0) is 26.2. The van der Waals surface area contributed by atoms with E-state index in [9.17, 15) is 18.6 Å². The number of carbonyl (C=O) groups excluding carboxylic acids is 3. The Balaban J connectivity index is 2.30. The van der Waals surface area contributed by atoms with Crippen LogP contribution in [-0.2, 0) is 26.0 Å². The van der Waals surface area contributed by atoms with Crippen LogP contribution in [0.15, 0.2) is 50.4 Å². The third-order valence-corrected chi connectivity index (χ3v) is 7.86. The van der Waals surface area contributed by atoms with Crippen LogP contribution in [0.25, 0.3) is 0 Å². The van der Waals surface area contributed by atoms with Crippen LogP contribution in [0.4, 0.5) is 9.59 Å². The monoisotopic (exact) mass is 542 g/mol. The van der Waals surface area contributed by atoms with Crippen LogP contribution in [0.2, 0.25) is 5.02 Å². The van der Waals surface area contributed by atoms with Crippen molar-refractivity contribution in [2.45, 2.75) is 63.4 Å². The number of alkyl carbamates (subject to hydrolysis) is 1. The standard InChI is InChI=1S/C23H31ClN4O5S2/c1-15(2)11-18(26-22(31)33-23(3,4)5)20(29)27-35(32,19-12-17(24)14-34-19)28-21(30)25-13-16-9-7-6-8-10-16/h6-10,12,14-15,18H,11,13H2,1-5H3,(H,26,31)(H2,25,27,28,29,30,32)/t18-,35?/m0/s1. The fourth-order valence-corrected chi connectivity index (χ4v) is 5.82. The molecule has 0 saturated heterocycles. The first-order valence-electron chi connectivity index (χ1n) is 10.9. The molecule has 3 N–H and O–H groups in total. The van der Waals surface area contributed by atoms with E-state index >= 15 is 0 Å². The Morgan fingerprint density at radius 3 is 2.37 bits per heavy atom. The van der Waals surface area contributed by atoms with E-state index in [1.807, 2.05) is 44.2 Å². The van der Waals surface area contributed by atoms with Crippen molar-refractivity contribution < 1.29 is 23.3 Å². The van der Waals surface area contributed by atoms with Gasteiger partial charge in [0.05, 0.1) is 5.02 Å². The fraction of sp³-hybridized carbons (Fsp3) is 0.435. The van der Waals surface area contributed by atoms with Crippen LogP contribution in [-0.4, -0.2) is 33.9 Å². The summed E-state index contributed by atoms with van der Waals surface area (Å²) in [7, 11) is -3.75. The first kappa shape index (κ1) is 28.6. The lowest BCUT2D eigenvalue weighted by molar-refractivity contribution is -0.120. The molecule has 0 spiro atoms. The van der Waals surface area contributed by atoms with E-state index in [2.05, 4.69) is 19.7 Å². The zero-order valence-electron chi connectivity index (χ0n) is 20.3. The second kappa shape index (κ2) is 12.4. The Labute approximate surface area is 215 Å². The first-order valence-corrected chi connectivity index (χ1v) is 13.7. The van der Waals surface area contributed by atoms with Crippen molar-refractivity contribution >= 4 is 50.9 Å². The number of hydrogen-bond donors (Lipinski definition) is 3. The summed E-state index contributed by atoms with van der Waals surface area (Å²) in [4.78, 5) is 38.0. The molecule has 2 atom stereocenters. The second-order valence-corrected chi connectivity index (χ2v) is 12.6. The molecule has 12 heteroatoms. The van der Waals surface area contributed by atoms with Crippen molar-refractivity contribution in [1.82, 2.24) is 15.4 Å². The van der Waals surface area contributed by atoms with Gasteiger partial charge in [0.25, 0.3) is 5.91 Å². The number of thiophene rings is 1. The summed E-state index contributed by atoms with van der Waals surface area (Å²) in [6.07, 6.45) is -0.575. The van der Waals surface area contributed by atoms with Gasteiger partial charge in [-0.25, -0.2) is 18.5 Å². The molecule has 4 amide bonds. The Morgan fingerprint density at radius 2 is 1.83 bits per heavy atom. The number of nitrogens with zero attached hydrogens (tertiary/aromatic N) is 1. The van der Waals surface area contributed by atoms with Gasteiger partial charge in [0.2, 0.25) is 0 Å². The van der Waals surface area contributed by atoms with Crippen molar-refractivity contribution in [3.05, 3.63) is 52.4 Å². The number of benzene rings is 1. The molecule has 0 fully saturated rings. The summed E-state index contributed by atoms with van der Waals surface area (Å²) in [5, 5.41) is 6.92. The van der Waals surface area contributed by atoms with Gasteiger partial charge >= 0.3 is 12.1 Å². The Morgan fingerprint density at radius 1 is 1.17 bits per heavy atom. The highest BCUT2D eigenvalue weighted by Crippen LogP contribution is 2.25. The average Bonchev–Trinajstić information content (AvgIpc) is 3.18. The summed E-state index contributed by atoms with van der Waals surface area (Å²) in [6, 6.07) is 8.64. The minimum absolute atomic E-state index is 0.00320. The molecule has 2 aromatic rings. The second-order valence-electron chi connectivity index (χ2n) is 9.14. The third kappa shape index (κ3) is 9.87. The van der Waals surface area contributed by atoms with Crippen LogP contribution in [0.3, 0.4) is 0 Å². The number of urea groups is 1. The van der Waals surface area contributed by atoms with Crippen molar-refractivity contribution in [3.8, 4) is 0 Å². The lowest BCUT2D eigenvalue weighted by Gasteiger charge is -2.23. The molecule has 1 heterocycles. The number of carbonyl (C=O) groups is 3. The van der Waals surface area contributed by atoms with Crippen LogP contribution in [0.1, 0.15) is 46.6 Å². The normalized spacial score (nSPS) is 13.9. The van der Waals surface area contributed by atoms with E-state index in [4.69, 9.17) is 16.3 Å². The highest BCUT2D eigenvalue weighted by molar-refractivity contribution is 7.94. The molecule has 1 unspecified atom stereocenters. The SMILES string of the molecule is CC(C)C[C@H](NC(=O)OC(C)(C)C)C(=O)N=S(=O)(NC(=O)NCc1ccccc1)c1cc(Cl)cs1. The quantitative estimate of drug-likeness (QED) is 0.427. The highest BCUT2D eigenvalue weighted by Gasteiger charge is 2.28. The van der Waals surface area contributed by atoms with Gasteiger partial charge in [-0.1, -0.05) is 55.8 Å². The van der Waals surface area contributed by atoms with Gasteiger partial charge in [-0.05, 0) is 44.7 Å². The van der Waals surface area contributed by atoms with Crippen LogP contribution < -0.4 is 15.4 Å². The molecular weight excluding hydrogens is 512 g/mol. The van der Waals surface area contributed by atoms with E-state index in [0.717, 1.165) is 16.9 Å². The summed E-state index contributed by atoms with van der Waals surface area (Å²) in [5.74, 6) is -0.856. The minimum atomic E-state index is -3.75. The molecule has 192 valence electrons. The predicted octanol–water partition coefficient (Wildman–Crippen LogP) is 5.11. The van der Waals surface area contributed by atoms with E-state index < -0.39 is 39.6 Å². The topological polar surface area (TPSA) is 126 Å². The lowest BCUT2D eigenvalue weighted by atomic mass is 10.0. The molecule has 0 aliphatic heterocycles. The predicted molar refractivity (Wildman–Crippen MR) is 138 cm³/mol. The van der Waals surface area contributed by atoms with Crippen LogP contribution in [0, 0.1) is 5.92 Å². The molecule has 35 heavy (non-hydrogen) atoms. The minimum Gasteiger partial charge on any atom is -0.444 e. The Bertz CT molecular complexity index is 1150. The summed E-state index contributed by atoms with van der Waals surface area (Å²) >= 11 is 6.99. The molecule has 0 aliphatic rings. The largest absolute Gasteiger partial charge is 0.444 e. The molecule has 2 rings (SSSR count). The Hall–Kier alpha value is -2.63. The molecule has 0 bridgehead atoms. The number of nitrogens with one attached hydrogen (secondary N) is 3. The van der Waals surface area contributed by atoms with Crippen LogP contribution >= 0.6 is 22.9 Å². The molecule has 0 saturated carbocycles. The smallest absolute Gasteiger partial charge is 0.408 e. The van der Waals surface area contributed by atoms with Gasteiger partial charge in [0.15, 0.2) is 9.92 Å². The maximum atomic E-state index is 13.8. The van der Waals surface area contributed by atoms with Gasteiger partial charge in [0.1, 0.15) is 15.9 Å². The van der Waals surface area contributed by atoms with Crippen molar-refractivity contribution in [3.63, 3.8) is 0 Å². The lowest BCUT2D eigenvalue weighted by Crippen LogP contribution is -2.45. The van der Waals surface area contributed by atoms with E-state index in [1.54, 1.807) is 20.8 Å². The Kier molecular flexibility index (Phi) is 10.1. The summed E-state index contributed by atoms with van der Waals surface area (Å²) < 4.78 is 25.3. The van der Waals surface area contributed by atoms with Crippen molar-refractivity contribution in [2.24, 2.45) is 10.3 Å². The number of rotatable bonds is 8. The van der Waals surface area contributed by atoms with E-state index in [0.29, 0.717) is 0 Å². The average molecular weight is 543 g/mol. The number of amides is 4. The molecule has 9 nitrogen and oxygen atoms in total. The van der Waals surface area contributed by atoms with Gasteiger partial charge in [-0.2, -0.15) is 0 Å². The fourth-order valence-electron chi connectivity index (χ4n) is 2.83. The maximum Gasteiger partial charge on any atom is 0.408 e. The molecule has 1 aromatic carbocycles. The first-order chi connectivity index (χ1) is 16.3. The van der Waals surface area contributed by atoms with E-state index in [-0.39, 0.29) is 28.1 Å². The molecule has 0 aliphatic carbocycles. The summed E-state index contributed by atoms with van der Waals surface area (Å²) in [5.41, 5.74) is 0.0617. The van der Waals surface area contributed by atoms with E-state index in [1.165, 1.54) is 11.4 Å². The number of halogens is 1. The van der Waals surface area contributed by atoms with Crippen molar-refractivity contribution in [1.29, 1.82) is 0 Å². The van der Waals surface area contributed by atoms with Crippen molar-refractivity contribution in [2.75, 3.05) is 0 Å². The van der Waals surface area contributed by atoms with Gasteiger partial charge < -0.3 is 15.4 Å². The maximum absolute atomic E-state index is 13.8. The highest BCUT2D eigenvalue weighted by atomic mass is 35.5. The van der Waals surface area contributed by atoms with Gasteiger partial charge in [-0.3, -0.25) is 4.79 Å². The third-order valence-electron chi connectivity index (χ3n) is 4.26. The van der Waals surface area contributed by atoms with Gasteiger partial charge in [-0.15, -0.1) is 15.7 Å². The van der Waals surface area contributed by atoms with Crippen LogP contribution in [0.5, 0.6) is 0 Å². The molecule has 0 radical (unpaired) electrons. The van der Waals surface area contributed by atoms with Gasteiger partial charge in [0, 0.05) is 11.9 Å². The zero-order valence-corrected chi connectivity index (χ0v) is 22.7. The molecular formula is C23H31ClN4O5S2. The summed E-state index contributed by atoms with van der Waals surface area (Å²) in [6.45, 7) is 8.99. The molecule has 1 aromatic heterocycles.